The largest absolute Gasteiger partial charge is 0.289 e. The van der Waals surface area contributed by atoms with Crippen LogP contribution in [0.5, 0.6) is 0 Å². The summed E-state index contributed by atoms with van der Waals surface area (Å²) in [5, 5.41) is 8.79. The Morgan fingerprint density at radius 2 is 1.85 bits per heavy atom. The molecule has 8 nitrogen and oxygen atoms in total. The third-order valence-corrected chi connectivity index (χ3v) is 5.23. The Hall–Kier alpha value is -3.07. The molecule has 0 bridgehead atoms. The first kappa shape index (κ1) is 17.3. The SMILES string of the molecule is Cc1csc2nc(NC(=O)c3ccc4c(c3)C(=O)N(C(C)(C)C)C4=O)nn12. The lowest BCUT2D eigenvalue weighted by molar-refractivity contribution is 0.0507. The number of benzene rings is 1. The first-order valence-electron chi connectivity index (χ1n) is 8.32. The van der Waals surface area contributed by atoms with Crippen LogP contribution >= 0.6 is 11.3 Å². The van der Waals surface area contributed by atoms with Gasteiger partial charge in [-0.15, -0.1) is 16.4 Å². The molecule has 1 aromatic carbocycles. The summed E-state index contributed by atoms with van der Waals surface area (Å²) in [6, 6.07) is 4.48. The molecule has 1 N–H and O–H groups in total. The predicted molar refractivity (Wildman–Crippen MR) is 100 cm³/mol. The Kier molecular flexibility index (Phi) is 3.67. The Balaban J connectivity index is 1.63. The van der Waals surface area contributed by atoms with E-state index in [4.69, 9.17) is 0 Å². The highest BCUT2D eigenvalue weighted by atomic mass is 32.1. The zero-order valence-electron chi connectivity index (χ0n) is 15.2. The van der Waals surface area contributed by atoms with Crippen molar-refractivity contribution in [3.63, 3.8) is 0 Å². The summed E-state index contributed by atoms with van der Waals surface area (Å²) in [6.45, 7) is 7.27. The average molecular weight is 383 g/mol. The smallest absolute Gasteiger partial charge is 0.262 e. The zero-order chi connectivity index (χ0) is 19.5. The molecule has 1 aliphatic rings. The first-order valence-corrected chi connectivity index (χ1v) is 9.20. The summed E-state index contributed by atoms with van der Waals surface area (Å²) in [5.41, 5.74) is 1.09. The van der Waals surface area contributed by atoms with Crippen molar-refractivity contribution in [3.05, 3.63) is 46.0 Å². The number of hydrogen-bond donors (Lipinski definition) is 1. The van der Waals surface area contributed by atoms with Crippen molar-refractivity contribution in [2.24, 2.45) is 0 Å². The zero-order valence-corrected chi connectivity index (χ0v) is 16.0. The number of amides is 3. The maximum Gasteiger partial charge on any atom is 0.262 e. The Bertz CT molecular complexity index is 1120. The molecule has 138 valence electrons. The number of thiazole rings is 1. The number of carbonyl (C=O) groups is 3. The quantitative estimate of drug-likeness (QED) is 0.687. The van der Waals surface area contributed by atoms with Crippen LogP contribution in [0, 0.1) is 6.92 Å². The molecule has 0 atom stereocenters. The molecule has 0 saturated carbocycles. The molecule has 9 heteroatoms. The van der Waals surface area contributed by atoms with Crippen molar-refractivity contribution in [2.45, 2.75) is 33.2 Å². The van der Waals surface area contributed by atoms with Crippen LogP contribution in [0.15, 0.2) is 23.6 Å². The van der Waals surface area contributed by atoms with Crippen LogP contribution in [-0.2, 0) is 0 Å². The fourth-order valence-corrected chi connectivity index (χ4v) is 3.81. The molecule has 3 amide bonds. The lowest BCUT2D eigenvalue weighted by atomic mass is 10.1. The van der Waals surface area contributed by atoms with Crippen LogP contribution < -0.4 is 5.32 Å². The molecule has 4 rings (SSSR count). The van der Waals surface area contributed by atoms with Gasteiger partial charge >= 0.3 is 0 Å². The minimum Gasteiger partial charge on any atom is -0.289 e. The van der Waals surface area contributed by atoms with Crippen LogP contribution in [0.25, 0.3) is 4.96 Å². The number of nitrogens with zero attached hydrogens (tertiary/aromatic N) is 4. The van der Waals surface area contributed by atoms with Crippen molar-refractivity contribution in [3.8, 4) is 0 Å². The van der Waals surface area contributed by atoms with Crippen molar-refractivity contribution in [2.75, 3.05) is 5.32 Å². The van der Waals surface area contributed by atoms with Crippen LogP contribution in [0.4, 0.5) is 5.95 Å². The molecule has 1 aliphatic heterocycles. The molecule has 0 saturated heterocycles. The van der Waals surface area contributed by atoms with Gasteiger partial charge < -0.3 is 0 Å². The molecular weight excluding hydrogens is 366 g/mol. The van der Waals surface area contributed by atoms with E-state index in [0.717, 1.165) is 5.69 Å². The molecule has 2 aromatic heterocycles. The molecule has 3 heterocycles. The normalized spacial score (nSPS) is 14.1. The van der Waals surface area contributed by atoms with Gasteiger partial charge in [0, 0.05) is 16.5 Å². The fourth-order valence-electron chi connectivity index (χ4n) is 3.01. The molecule has 27 heavy (non-hydrogen) atoms. The van der Waals surface area contributed by atoms with E-state index in [1.165, 1.54) is 34.4 Å². The highest BCUT2D eigenvalue weighted by molar-refractivity contribution is 7.15. The topological polar surface area (TPSA) is 96.7 Å². The molecule has 3 aromatic rings. The maximum absolute atomic E-state index is 12.7. The van der Waals surface area contributed by atoms with Gasteiger partial charge in [-0.2, -0.15) is 4.98 Å². The van der Waals surface area contributed by atoms with E-state index in [-0.39, 0.29) is 23.0 Å². The number of rotatable bonds is 2. The van der Waals surface area contributed by atoms with Gasteiger partial charge in [0.1, 0.15) is 0 Å². The maximum atomic E-state index is 12.7. The molecule has 0 fully saturated rings. The number of fused-ring (bicyclic) bond motifs is 2. The van der Waals surface area contributed by atoms with E-state index >= 15 is 0 Å². The minimum atomic E-state index is -0.639. The first-order chi connectivity index (χ1) is 12.7. The lowest BCUT2D eigenvalue weighted by Gasteiger charge is -2.29. The Labute approximate surface area is 158 Å². The number of aryl methyl sites for hydroxylation is 1. The monoisotopic (exact) mass is 383 g/mol. The summed E-state index contributed by atoms with van der Waals surface area (Å²) in [5.74, 6) is -0.994. The van der Waals surface area contributed by atoms with Gasteiger partial charge in [0.15, 0.2) is 0 Å². The lowest BCUT2D eigenvalue weighted by Crippen LogP contribution is -2.45. The number of imide groups is 1. The van der Waals surface area contributed by atoms with Gasteiger partial charge in [0.2, 0.25) is 4.96 Å². The molecule has 0 aliphatic carbocycles. The average Bonchev–Trinajstić information content (AvgIpc) is 3.21. The van der Waals surface area contributed by atoms with Crippen LogP contribution in [-0.4, -0.2) is 42.8 Å². The van der Waals surface area contributed by atoms with Gasteiger partial charge in [-0.05, 0) is 45.9 Å². The second kappa shape index (κ2) is 5.71. The van der Waals surface area contributed by atoms with Crippen molar-refractivity contribution < 1.29 is 14.4 Å². The number of aromatic nitrogens is 3. The number of nitrogens with one attached hydrogen (secondary N) is 1. The molecular formula is C18H17N5O3S. The van der Waals surface area contributed by atoms with E-state index in [1.54, 1.807) is 25.3 Å². The van der Waals surface area contributed by atoms with Gasteiger partial charge in [-0.25, -0.2) is 4.52 Å². The van der Waals surface area contributed by atoms with E-state index < -0.39 is 17.4 Å². The van der Waals surface area contributed by atoms with Crippen molar-refractivity contribution >= 4 is 40.0 Å². The molecule has 0 unspecified atom stereocenters. The highest BCUT2D eigenvalue weighted by Crippen LogP contribution is 2.30. The van der Waals surface area contributed by atoms with Gasteiger partial charge in [0.05, 0.1) is 16.8 Å². The number of anilines is 1. The molecule has 0 radical (unpaired) electrons. The predicted octanol–water partition coefficient (Wildman–Crippen LogP) is 2.75. The third-order valence-electron chi connectivity index (χ3n) is 4.29. The van der Waals surface area contributed by atoms with E-state index in [0.29, 0.717) is 10.5 Å². The Morgan fingerprint density at radius 3 is 2.52 bits per heavy atom. The van der Waals surface area contributed by atoms with E-state index in [9.17, 15) is 14.4 Å². The van der Waals surface area contributed by atoms with Gasteiger partial charge in [-0.1, -0.05) is 0 Å². The van der Waals surface area contributed by atoms with Crippen LogP contribution in [0.2, 0.25) is 0 Å². The van der Waals surface area contributed by atoms with E-state index in [2.05, 4.69) is 15.4 Å². The number of hydrogen-bond acceptors (Lipinski definition) is 6. The van der Waals surface area contributed by atoms with Crippen molar-refractivity contribution in [1.29, 1.82) is 0 Å². The summed E-state index contributed by atoms with van der Waals surface area (Å²) in [6.07, 6.45) is 0. The fraction of sp³-hybridized carbons (Fsp3) is 0.278. The summed E-state index contributed by atoms with van der Waals surface area (Å²) in [4.78, 5) is 43.9. The van der Waals surface area contributed by atoms with Crippen LogP contribution in [0.3, 0.4) is 0 Å². The van der Waals surface area contributed by atoms with Gasteiger partial charge in [0.25, 0.3) is 23.7 Å². The van der Waals surface area contributed by atoms with Crippen LogP contribution in [0.1, 0.15) is 57.5 Å². The molecule has 0 spiro atoms. The highest BCUT2D eigenvalue weighted by Gasteiger charge is 2.42. The standard InChI is InChI=1S/C18H17N5O3S/c1-9-8-27-17-20-16(21-23(9)17)19-13(24)10-5-6-11-12(7-10)15(26)22(14(11)25)18(2,3)4/h5-8H,1-4H3,(H,19,21,24). The Morgan fingerprint density at radius 1 is 1.15 bits per heavy atom. The number of carbonyl (C=O) groups excluding carboxylic acids is 3. The summed E-state index contributed by atoms with van der Waals surface area (Å²) >= 11 is 1.43. The second-order valence-corrected chi connectivity index (χ2v) is 8.17. The summed E-state index contributed by atoms with van der Waals surface area (Å²) in [7, 11) is 0. The minimum absolute atomic E-state index is 0.189. The van der Waals surface area contributed by atoms with E-state index in [1.807, 2.05) is 12.3 Å². The van der Waals surface area contributed by atoms with Crippen molar-refractivity contribution in [1.82, 2.24) is 19.5 Å². The second-order valence-electron chi connectivity index (χ2n) is 7.34. The third kappa shape index (κ3) is 2.71. The summed E-state index contributed by atoms with van der Waals surface area (Å²) < 4.78 is 1.65. The van der Waals surface area contributed by atoms with Gasteiger partial charge in [-0.3, -0.25) is 24.6 Å².